The molecule has 2 aliphatic rings. The molecule has 1 atom stereocenters. The van der Waals surface area contributed by atoms with Gasteiger partial charge in [0.15, 0.2) is 0 Å². The molecule has 0 unspecified atom stereocenters. The number of fused-ring (bicyclic) bond motifs is 1. The maximum absolute atomic E-state index is 13.4. The first kappa shape index (κ1) is 25.1. The van der Waals surface area contributed by atoms with E-state index in [-0.39, 0.29) is 29.3 Å². The minimum atomic E-state index is -0.704. The molecule has 2 saturated carbocycles. The molecule has 2 aliphatic carbocycles. The van der Waals surface area contributed by atoms with Crippen LogP contribution in [-0.4, -0.2) is 44.4 Å². The first-order valence-corrected chi connectivity index (χ1v) is 13.6. The summed E-state index contributed by atoms with van der Waals surface area (Å²) in [5, 5.41) is 17.9. The molecule has 2 fully saturated rings. The van der Waals surface area contributed by atoms with Crippen molar-refractivity contribution in [2.45, 2.75) is 51.6 Å². The third-order valence-electron chi connectivity index (χ3n) is 8.34. The number of rotatable bonds is 8. The highest BCUT2D eigenvalue weighted by molar-refractivity contribution is 6.05. The van der Waals surface area contributed by atoms with Crippen molar-refractivity contribution in [2.75, 3.05) is 6.61 Å². The van der Waals surface area contributed by atoms with E-state index in [9.17, 15) is 14.7 Å². The van der Waals surface area contributed by atoms with E-state index in [1.165, 1.54) is 0 Å². The van der Waals surface area contributed by atoms with Crippen molar-refractivity contribution in [3.05, 3.63) is 78.0 Å². The molecule has 0 saturated heterocycles. The van der Waals surface area contributed by atoms with Gasteiger partial charge < -0.3 is 15.2 Å². The summed E-state index contributed by atoms with van der Waals surface area (Å²) in [5.41, 5.74) is 4.43. The fourth-order valence-electron chi connectivity index (χ4n) is 6.30. The maximum Gasteiger partial charge on any atom is 0.306 e. The van der Waals surface area contributed by atoms with Gasteiger partial charge in [-0.15, -0.1) is 0 Å². The number of carboxylic acid groups (broad SMARTS) is 1. The van der Waals surface area contributed by atoms with E-state index in [0.717, 1.165) is 53.4 Å². The van der Waals surface area contributed by atoms with E-state index in [0.29, 0.717) is 18.1 Å². The molecule has 0 aliphatic heterocycles. The van der Waals surface area contributed by atoms with Gasteiger partial charge in [0.2, 0.25) is 5.88 Å². The Labute approximate surface area is 227 Å². The van der Waals surface area contributed by atoms with Gasteiger partial charge in [-0.25, -0.2) is 4.98 Å². The number of carboxylic acids is 1. The highest BCUT2D eigenvalue weighted by Crippen LogP contribution is 2.58. The van der Waals surface area contributed by atoms with Crippen LogP contribution in [0, 0.1) is 11.3 Å². The van der Waals surface area contributed by atoms with Crippen molar-refractivity contribution in [2.24, 2.45) is 11.3 Å². The average Bonchev–Trinajstić information content (AvgIpc) is 3.33. The number of benzene rings is 2. The van der Waals surface area contributed by atoms with Crippen molar-refractivity contribution < 1.29 is 19.4 Å². The zero-order valence-corrected chi connectivity index (χ0v) is 22.1. The Hall–Kier alpha value is -4.20. The molecule has 39 heavy (non-hydrogen) atoms. The molecule has 1 amide bonds. The van der Waals surface area contributed by atoms with Crippen LogP contribution in [0.3, 0.4) is 0 Å². The Bertz CT molecular complexity index is 1530. The fourth-order valence-corrected chi connectivity index (χ4v) is 6.30. The summed E-state index contributed by atoms with van der Waals surface area (Å²) < 4.78 is 7.46. The second kappa shape index (κ2) is 9.84. The normalized spacial score (nSPS) is 22.6. The molecule has 0 bridgehead atoms. The molecular weight excluding hydrogens is 492 g/mol. The zero-order valence-electron chi connectivity index (χ0n) is 22.1. The van der Waals surface area contributed by atoms with Gasteiger partial charge in [0, 0.05) is 23.1 Å². The summed E-state index contributed by atoms with van der Waals surface area (Å²) in [7, 11) is 0. The SMILES string of the molecule is CCOc1cccc(-c2ccc([C@H](C)n3ncc4cccc(C(=O)NC5CC6(C5)CC(C(=O)O)C6)c43)cc2)n1. The van der Waals surface area contributed by atoms with Crippen LogP contribution in [0.1, 0.15) is 61.5 Å². The van der Waals surface area contributed by atoms with Gasteiger partial charge in [0.1, 0.15) is 0 Å². The van der Waals surface area contributed by atoms with Crippen molar-refractivity contribution in [1.29, 1.82) is 0 Å². The molecule has 200 valence electrons. The van der Waals surface area contributed by atoms with Crippen molar-refractivity contribution in [3.8, 4) is 17.1 Å². The quantitative estimate of drug-likeness (QED) is 0.316. The van der Waals surface area contributed by atoms with Gasteiger partial charge in [-0.05, 0) is 62.6 Å². The van der Waals surface area contributed by atoms with Crippen molar-refractivity contribution in [1.82, 2.24) is 20.1 Å². The highest BCUT2D eigenvalue weighted by atomic mass is 16.5. The van der Waals surface area contributed by atoms with E-state index in [2.05, 4.69) is 34.5 Å². The Balaban J connectivity index is 1.19. The Kier molecular flexibility index (Phi) is 6.33. The number of pyridine rings is 1. The van der Waals surface area contributed by atoms with E-state index >= 15 is 0 Å². The summed E-state index contributed by atoms with van der Waals surface area (Å²) in [6.45, 7) is 4.59. The number of amides is 1. The van der Waals surface area contributed by atoms with Gasteiger partial charge in [0.25, 0.3) is 5.91 Å². The summed E-state index contributed by atoms with van der Waals surface area (Å²) >= 11 is 0. The number of hydrogen-bond acceptors (Lipinski definition) is 5. The predicted octanol–water partition coefficient (Wildman–Crippen LogP) is 5.48. The third kappa shape index (κ3) is 4.64. The van der Waals surface area contributed by atoms with Crippen molar-refractivity contribution in [3.63, 3.8) is 0 Å². The van der Waals surface area contributed by atoms with Gasteiger partial charge in [-0.2, -0.15) is 5.10 Å². The van der Waals surface area contributed by atoms with Crippen LogP contribution in [0.15, 0.2) is 66.9 Å². The summed E-state index contributed by atoms with van der Waals surface area (Å²) in [5.74, 6) is -0.435. The number of carbonyl (C=O) groups is 2. The minimum absolute atomic E-state index is 0.0821. The molecule has 2 aromatic carbocycles. The molecule has 2 N–H and O–H groups in total. The Morgan fingerprint density at radius 1 is 1.08 bits per heavy atom. The molecular formula is C31H32N4O4. The molecule has 8 heteroatoms. The molecule has 4 aromatic rings. The molecule has 8 nitrogen and oxygen atoms in total. The molecule has 6 rings (SSSR count). The van der Waals surface area contributed by atoms with E-state index < -0.39 is 5.97 Å². The van der Waals surface area contributed by atoms with Gasteiger partial charge in [-0.3, -0.25) is 14.3 Å². The van der Waals surface area contributed by atoms with E-state index in [1.54, 1.807) is 6.20 Å². The number of aliphatic carboxylic acids is 1. The van der Waals surface area contributed by atoms with Crippen LogP contribution in [0.4, 0.5) is 0 Å². The van der Waals surface area contributed by atoms with Gasteiger partial charge in [-0.1, -0.05) is 42.5 Å². The van der Waals surface area contributed by atoms with Gasteiger partial charge in [0.05, 0.1) is 41.5 Å². The predicted molar refractivity (Wildman–Crippen MR) is 148 cm³/mol. The highest BCUT2D eigenvalue weighted by Gasteiger charge is 2.55. The largest absolute Gasteiger partial charge is 0.481 e. The number of carbonyl (C=O) groups excluding carboxylic acids is 1. The number of nitrogens with zero attached hydrogens (tertiary/aromatic N) is 3. The standard InChI is InChI=1S/C31H32N4O4/c1-3-39-27-9-5-8-26(34-27)21-12-10-20(11-13-21)19(2)35-28-22(18-32-35)6-4-7-25(28)29(36)33-24-16-31(17-24)14-23(15-31)30(37)38/h4-13,18-19,23-24H,3,14-17H2,1-2H3,(H,33,36)(H,37,38)/t19-,23?,24?,31?/m0/s1. The first-order valence-electron chi connectivity index (χ1n) is 13.6. The molecule has 0 radical (unpaired) electrons. The molecule has 2 aromatic heterocycles. The fraction of sp³-hybridized carbons (Fsp3) is 0.355. The van der Waals surface area contributed by atoms with E-state index in [4.69, 9.17) is 4.74 Å². The summed E-state index contributed by atoms with van der Waals surface area (Å²) in [6, 6.07) is 19.7. The Morgan fingerprint density at radius 2 is 1.82 bits per heavy atom. The minimum Gasteiger partial charge on any atom is -0.481 e. The Morgan fingerprint density at radius 3 is 2.54 bits per heavy atom. The monoisotopic (exact) mass is 524 g/mol. The number of ether oxygens (including phenoxy) is 1. The van der Waals surface area contributed by atoms with Crippen LogP contribution in [0.2, 0.25) is 0 Å². The van der Waals surface area contributed by atoms with Crippen LogP contribution >= 0.6 is 0 Å². The second-order valence-electron chi connectivity index (χ2n) is 10.9. The van der Waals surface area contributed by atoms with Crippen molar-refractivity contribution >= 4 is 22.8 Å². The smallest absolute Gasteiger partial charge is 0.306 e. The molecule has 2 heterocycles. The number of nitrogens with one attached hydrogen (secondary N) is 1. The lowest BCUT2D eigenvalue weighted by atomic mass is 9.50. The van der Waals surface area contributed by atoms with Crippen LogP contribution in [0.25, 0.3) is 22.2 Å². The molecule has 1 spiro atoms. The van der Waals surface area contributed by atoms with Crippen LogP contribution in [0.5, 0.6) is 5.88 Å². The lowest BCUT2D eigenvalue weighted by Gasteiger charge is -2.56. The lowest BCUT2D eigenvalue weighted by molar-refractivity contribution is -0.155. The second-order valence-corrected chi connectivity index (χ2v) is 10.9. The van der Waals surface area contributed by atoms with Crippen LogP contribution < -0.4 is 10.1 Å². The summed E-state index contributed by atoms with van der Waals surface area (Å²) in [4.78, 5) is 29.1. The lowest BCUT2D eigenvalue weighted by Crippen LogP contribution is -2.57. The number of para-hydroxylation sites is 1. The van der Waals surface area contributed by atoms with E-state index in [1.807, 2.05) is 60.1 Å². The number of aromatic nitrogens is 3. The van der Waals surface area contributed by atoms with Crippen LogP contribution in [-0.2, 0) is 4.79 Å². The average molecular weight is 525 g/mol. The zero-order chi connectivity index (χ0) is 27.1. The third-order valence-corrected chi connectivity index (χ3v) is 8.34. The van der Waals surface area contributed by atoms with Gasteiger partial charge >= 0.3 is 5.97 Å². The summed E-state index contributed by atoms with van der Waals surface area (Å²) in [6.07, 6.45) is 4.95. The maximum atomic E-state index is 13.4. The number of hydrogen-bond donors (Lipinski definition) is 2. The topological polar surface area (TPSA) is 106 Å². The first-order chi connectivity index (χ1) is 18.9.